The van der Waals surface area contributed by atoms with Gasteiger partial charge in [0.25, 0.3) is 5.91 Å². The van der Waals surface area contributed by atoms with E-state index in [2.05, 4.69) is 11.9 Å². The summed E-state index contributed by atoms with van der Waals surface area (Å²) >= 11 is 12.3. The van der Waals surface area contributed by atoms with Crippen molar-refractivity contribution in [2.75, 3.05) is 5.32 Å². The van der Waals surface area contributed by atoms with Gasteiger partial charge >= 0.3 is 0 Å². The minimum Gasteiger partial charge on any atom is -0.383 e. The number of anilines is 1. The normalized spacial score (nSPS) is 11.8. The zero-order valence-corrected chi connectivity index (χ0v) is 14.2. The summed E-state index contributed by atoms with van der Waals surface area (Å²) < 4.78 is 0. The minimum absolute atomic E-state index is 0.334. The predicted molar refractivity (Wildman–Crippen MR) is 96.0 cm³/mol. The Morgan fingerprint density at radius 2 is 1.91 bits per heavy atom. The number of rotatable bonds is 5. The molecule has 2 rings (SSSR count). The lowest BCUT2D eigenvalue weighted by atomic mass is 9.97. The summed E-state index contributed by atoms with van der Waals surface area (Å²) in [5, 5.41) is 13.4. The maximum atomic E-state index is 12.0. The van der Waals surface area contributed by atoms with Crippen LogP contribution in [0.15, 0.2) is 49.0 Å². The van der Waals surface area contributed by atoms with Crippen molar-refractivity contribution in [3.05, 3.63) is 70.2 Å². The predicted octanol–water partition coefficient (Wildman–Crippen LogP) is 4.76. The second-order valence-corrected chi connectivity index (χ2v) is 5.91. The fraction of sp³-hybridized carbons (Fsp3) is 0.167. The van der Waals surface area contributed by atoms with Gasteiger partial charge in [-0.15, -0.1) is 0 Å². The molecule has 0 aliphatic rings. The molecule has 0 radical (unpaired) electrons. The Labute approximate surface area is 145 Å². The molecule has 2 aromatic rings. The third kappa shape index (κ3) is 4.14. The van der Waals surface area contributed by atoms with Gasteiger partial charge in [-0.2, -0.15) is 0 Å². The molecular formula is C18H17Cl2NO2. The maximum absolute atomic E-state index is 12.0. The van der Waals surface area contributed by atoms with Crippen LogP contribution >= 0.6 is 23.2 Å². The zero-order chi connectivity index (χ0) is 17.0. The third-order valence-corrected chi connectivity index (χ3v) is 4.02. The van der Waals surface area contributed by atoms with Crippen LogP contribution in [-0.4, -0.2) is 17.1 Å². The lowest BCUT2D eigenvalue weighted by Gasteiger charge is -2.16. The van der Waals surface area contributed by atoms with Crippen LogP contribution in [0, 0.1) is 0 Å². The monoisotopic (exact) mass is 349 g/mol. The van der Waals surface area contributed by atoms with E-state index in [-0.39, 0.29) is 0 Å². The van der Waals surface area contributed by atoms with E-state index in [9.17, 15) is 9.90 Å². The van der Waals surface area contributed by atoms with Gasteiger partial charge < -0.3 is 10.4 Å². The van der Waals surface area contributed by atoms with Gasteiger partial charge in [0, 0.05) is 26.9 Å². The van der Waals surface area contributed by atoms with E-state index in [1.807, 2.05) is 18.2 Å². The third-order valence-electron chi connectivity index (χ3n) is 3.45. The van der Waals surface area contributed by atoms with Crippen LogP contribution in [0.25, 0.3) is 5.57 Å². The standard InChI is InChI=1S/C18H17Cl2NO2/c1-3-17(22)18(23)21-16-9-8-12(19)10-14(16)11(2)13-6-4-5-7-15(13)20/h4-10,17,22H,2-3H2,1H3,(H,21,23). The maximum Gasteiger partial charge on any atom is 0.253 e. The molecule has 3 nitrogen and oxygen atoms in total. The Hall–Kier alpha value is -1.81. The Morgan fingerprint density at radius 3 is 2.57 bits per heavy atom. The summed E-state index contributed by atoms with van der Waals surface area (Å²) in [6.07, 6.45) is -0.729. The van der Waals surface area contributed by atoms with Gasteiger partial charge in [0.2, 0.25) is 0 Å². The summed E-state index contributed by atoms with van der Waals surface area (Å²) in [6, 6.07) is 12.4. The highest BCUT2D eigenvalue weighted by molar-refractivity contribution is 6.33. The van der Waals surface area contributed by atoms with Crippen molar-refractivity contribution in [1.29, 1.82) is 0 Å². The molecule has 120 valence electrons. The highest BCUT2D eigenvalue weighted by Gasteiger charge is 2.17. The average Bonchev–Trinajstić information content (AvgIpc) is 2.55. The molecule has 0 spiro atoms. The molecule has 0 bridgehead atoms. The van der Waals surface area contributed by atoms with Crippen molar-refractivity contribution < 1.29 is 9.90 Å². The highest BCUT2D eigenvalue weighted by atomic mass is 35.5. The molecule has 2 N–H and O–H groups in total. The molecule has 0 aliphatic carbocycles. The number of nitrogens with one attached hydrogen (secondary N) is 1. The number of halogens is 2. The van der Waals surface area contributed by atoms with Gasteiger partial charge in [0.1, 0.15) is 6.10 Å². The number of amides is 1. The molecule has 0 aromatic heterocycles. The fourth-order valence-corrected chi connectivity index (χ4v) is 2.55. The first-order chi connectivity index (χ1) is 10.9. The summed E-state index contributed by atoms with van der Waals surface area (Å²) in [5.41, 5.74) is 2.57. The molecule has 0 saturated heterocycles. The van der Waals surface area contributed by atoms with Crippen LogP contribution in [0.3, 0.4) is 0 Å². The SMILES string of the molecule is C=C(c1ccccc1Cl)c1cc(Cl)ccc1NC(=O)C(O)CC. The Bertz CT molecular complexity index is 744. The number of carbonyl (C=O) groups excluding carboxylic acids is 1. The van der Waals surface area contributed by atoms with Crippen LogP contribution in [0.2, 0.25) is 10.0 Å². The Kier molecular flexibility index (Phi) is 5.83. The summed E-state index contributed by atoms with van der Waals surface area (Å²) in [5.74, 6) is -0.469. The first-order valence-electron chi connectivity index (χ1n) is 7.16. The van der Waals surface area contributed by atoms with Crippen LogP contribution < -0.4 is 5.32 Å². The summed E-state index contributed by atoms with van der Waals surface area (Å²) in [6.45, 7) is 5.81. The topological polar surface area (TPSA) is 49.3 Å². The van der Waals surface area contributed by atoms with Gasteiger partial charge in [-0.25, -0.2) is 0 Å². The fourth-order valence-electron chi connectivity index (χ4n) is 2.13. The quantitative estimate of drug-likeness (QED) is 0.817. The Balaban J connectivity index is 2.42. The molecule has 0 saturated carbocycles. The van der Waals surface area contributed by atoms with E-state index >= 15 is 0 Å². The van der Waals surface area contributed by atoms with Gasteiger partial charge in [0.15, 0.2) is 0 Å². The van der Waals surface area contributed by atoms with E-state index in [1.165, 1.54) is 0 Å². The lowest BCUT2D eigenvalue weighted by Crippen LogP contribution is -2.27. The molecule has 1 unspecified atom stereocenters. The Morgan fingerprint density at radius 1 is 1.22 bits per heavy atom. The first-order valence-corrected chi connectivity index (χ1v) is 7.92. The van der Waals surface area contributed by atoms with E-state index in [4.69, 9.17) is 23.2 Å². The molecular weight excluding hydrogens is 333 g/mol. The van der Waals surface area contributed by atoms with Crippen LogP contribution in [0.4, 0.5) is 5.69 Å². The molecule has 1 atom stereocenters. The summed E-state index contributed by atoms with van der Waals surface area (Å²) in [7, 11) is 0. The van der Waals surface area contributed by atoms with Crippen molar-refractivity contribution in [3.8, 4) is 0 Å². The summed E-state index contributed by atoms with van der Waals surface area (Å²) in [4.78, 5) is 12.0. The molecule has 0 heterocycles. The molecule has 23 heavy (non-hydrogen) atoms. The number of aliphatic hydroxyl groups is 1. The van der Waals surface area contributed by atoms with Crippen molar-refractivity contribution in [2.24, 2.45) is 0 Å². The van der Waals surface area contributed by atoms with E-state index < -0.39 is 12.0 Å². The van der Waals surface area contributed by atoms with Crippen LogP contribution in [-0.2, 0) is 4.79 Å². The van der Waals surface area contributed by atoms with E-state index in [0.29, 0.717) is 33.3 Å². The van der Waals surface area contributed by atoms with Crippen molar-refractivity contribution in [3.63, 3.8) is 0 Å². The van der Waals surface area contributed by atoms with Crippen LogP contribution in [0.1, 0.15) is 24.5 Å². The first kappa shape index (κ1) is 17.5. The van der Waals surface area contributed by atoms with Crippen molar-refractivity contribution >= 4 is 40.4 Å². The number of benzene rings is 2. The van der Waals surface area contributed by atoms with Gasteiger partial charge in [-0.05, 0) is 36.3 Å². The van der Waals surface area contributed by atoms with Gasteiger partial charge in [-0.3, -0.25) is 4.79 Å². The number of aliphatic hydroxyl groups excluding tert-OH is 1. The number of carbonyl (C=O) groups is 1. The van der Waals surface area contributed by atoms with Gasteiger partial charge in [-0.1, -0.05) is 54.9 Å². The minimum atomic E-state index is -1.06. The van der Waals surface area contributed by atoms with Crippen molar-refractivity contribution in [1.82, 2.24) is 0 Å². The number of hydrogen-bond acceptors (Lipinski definition) is 2. The molecule has 0 fully saturated rings. The lowest BCUT2D eigenvalue weighted by molar-refractivity contribution is -0.124. The number of hydrogen-bond donors (Lipinski definition) is 2. The largest absolute Gasteiger partial charge is 0.383 e. The second kappa shape index (κ2) is 7.64. The molecule has 5 heteroatoms. The molecule has 0 aliphatic heterocycles. The molecule has 2 aromatic carbocycles. The van der Waals surface area contributed by atoms with E-state index in [1.54, 1.807) is 31.2 Å². The molecule has 1 amide bonds. The average molecular weight is 350 g/mol. The van der Waals surface area contributed by atoms with Gasteiger partial charge in [0.05, 0.1) is 0 Å². The second-order valence-electron chi connectivity index (χ2n) is 5.06. The van der Waals surface area contributed by atoms with E-state index in [0.717, 1.165) is 5.56 Å². The van der Waals surface area contributed by atoms with Crippen LogP contribution in [0.5, 0.6) is 0 Å². The van der Waals surface area contributed by atoms with Crippen molar-refractivity contribution in [2.45, 2.75) is 19.4 Å². The zero-order valence-electron chi connectivity index (χ0n) is 12.6. The highest BCUT2D eigenvalue weighted by Crippen LogP contribution is 2.33. The smallest absolute Gasteiger partial charge is 0.253 e.